The molecule has 147 valence electrons. The van der Waals surface area contributed by atoms with Gasteiger partial charge in [0.15, 0.2) is 0 Å². The Labute approximate surface area is 165 Å². The first-order chi connectivity index (χ1) is 13.6. The predicted molar refractivity (Wildman–Crippen MR) is 105 cm³/mol. The summed E-state index contributed by atoms with van der Waals surface area (Å²) in [5.74, 6) is 1.22. The van der Waals surface area contributed by atoms with Crippen molar-refractivity contribution in [2.45, 2.75) is 19.6 Å². The number of anilines is 1. The minimum Gasteiger partial charge on any atom is -0.497 e. The van der Waals surface area contributed by atoms with E-state index >= 15 is 0 Å². The molecular formula is C21H24N3O4. The largest absolute Gasteiger partial charge is 0.497 e. The van der Waals surface area contributed by atoms with Crippen molar-refractivity contribution in [3.05, 3.63) is 73.3 Å². The minimum atomic E-state index is -0.748. The number of aliphatic hydroxyl groups excluding tert-OH is 1. The summed E-state index contributed by atoms with van der Waals surface area (Å²) < 4.78 is 11.8. The summed E-state index contributed by atoms with van der Waals surface area (Å²) in [5.41, 5.74) is 1.85. The Kier molecular flexibility index (Phi) is 6.92. The SMILES string of the molecule is CCOC(=O)c1cc([C]2[CH][CH][CH][CH]2)nn1C[C@H](O)CNc1ccc(OC)cc1. The van der Waals surface area contributed by atoms with Crippen molar-refractivity contribution in [2.24, 2.45) is 0 Å². The fourth-order valence-corrected chi connectivity index (χ4v) is 2.82. The van der Waals surface area contributed by atoms with E-state index in [1.807, 2.05) is 49.9 Å². The molecular weight excluding hydrogens is 358 g/mol. The van der Waals surface area contributed by atoms with Crippen molar-refractivity contribution in [1.29, 1.82) is 0 Å². The average Bonchev–Trinajstić information content (AvgIpc) is 3.37. The summed E-state index contributed by atoms with van der Waals surface area (Å²) in [4.78, 5) is 12.3. The highest BCUT2D eigenvalue weighted by atomic mass is 16.5. The quantitative estimate of drug-likeness (QED) is 0.648. The summed E-state index contributed by atoms with van der Waals surface area (Å²) >= 11 is 0. The summed E-state index contributed by atoms with van der Waals surface area (Å²) in [7, 11) is 1.61. The lowest BCUT2D eigenvalue weighted by molar-refractivity contribution is 0.0507. The van der Waals surface area contributed by atoms with Gasteiger partial charge in [0.1, 0.15) is 11.4 Å². The van der Waals surface area contributed by atoms with Gasteiger partial charge in [-0.25, -0.2) is 4.79 Å². The van der Waals surface area contributed by atoms with Crippen LogP contribution in [0.2, 0.25) is 0 Å². The molecule has 1 atom stereocenters. The molecule has 1 aromatic carbocycles. The minimum absolute atomic E-state index is 0.165. The molecule has 0 unspecified atom stereocenters. The molecule has 5 radical (unpaired) electrons. The van der Waals surface area contributed by atoms with Crippen molar-refractivity contribution < 1.29 is 19.4 Å². The van der Waals surface area contributed by atoms with Gasteiger partial charge in [0.05, 0.1) is 32.1 Å². The Morgan fingerprint density at radius 2 is 1.96 bits per heavy atom. The van der Waals surface area contributed by atoms with Crippen LogP contribution >= 0.6 is 0 Å². The number of hydrogen-bond acceptors (Lipinski definition) is 6. The van der Waals surface area contributed by atoms with E-state index in [1.54, 1.807) is 20.1 Å². The van der Waals surface area contributed by atoms with E-state index in [0.717, 1.165) is 17.4 Å². The second-order valence-electron chi connectivity index (χ2n) is 6.25. The van der Waals surface area contributed by atoms with Crippen LogP contribution in [-0.2, 0) is 11.3 Å². The number of aromatic nitrogens is 2. The number of hydrogen-bond donors (Lipinski definition) is 2. The number of esters is 1. The fourth-order valence-electron chi connectivity index (χ4n) is 2.82. The normalized spacial score (nSPS) is 15.4. The number of aliphatic hydroxyl groups is 1. The molecule has 7 nitrogen and oxygen atoms in total. The van der Waals surface area contributed by atoms with Crippen LogP contribution in [0.3, 0.4) is 0 Å². The van der Waals surface area contributed by atoms with Gasteiger partial charge < -0.3 is 19.9 Å². The number of nitrogens with zero attached hydrogens (tertiary/aromatic N) is 2. The zero-order valence-corrected chi connectivity index (χ0v) is 16.0. The van der Waals surface area contributed by atoms with Crippen LogP contribution in [-0.4, -0.2) is 47.2 Å². The summed E-state index contributed by atoms with van der Waals surface area (Å²) in [5, 5.41) is 18.1. The van der Waals surface area contributed by atoms with E-state index in [0.29, 0.717) is 17.9 Å². The Morgan fingerprint density at radius 1 is 1.25 bits per heavy atom. The number of carbonyl (C=O) groups excluding carboxylic acids is 1. The molecule has 1 aromatic heterocycles. The lowest BCUT2D eigenvalue weighted by Gasteiger charge is -2.15. The van der Waals surface area contributed by atoms with Crippen LogP contribution in [0, 0.1) is 31.6 Å². The van der Waals surface area contributed by atoms with E-state index in [2.05, 4.69) is 10.4 Å². The van der Waals surface area contributed by atoms with Crippen LogP contribution in [0.5, 0.6) is 5.75 Å². The fraction of sp³-hybridized carbons (Fsp3) is 0.286. The second-order valence-corrected chi connectivity index (χ2v) is 6.25. The Bertz CT molecular complexity index is 766. The van der Waals surface area contributed by atoms with Crippen LogP contribution in [0.15, 0.2) is 30.3 Å². The van der Waals surface area contributed by atoms with E-state index in [1.165, 1.54) is 4.68 Å². The summed E-state index contributed by atoms with van der Waals surface area (Å²) in [6.45, 7) is 2.50. The first-order valence-electron chi connectivity index (χ1n) is 9.13. The first-order valence-corrected chi connectivity index (χ1v) is 9.13. The molecule has 0 amide bonds. The van der Waals surface area contributed by atoms with Gasteiger partial charge in [-0.2, -0.15) is 5.10 Å². The topological polar surface area (TPSA) is 85.6 Å². The van der Waals surface area contributed by atoms with Crippen molar-refractivity contribution in [2.75, 3.05) is 25.6 Å². The molecule has 3 rings (SSSR count). The maximum atomic E-state index is 12.3. The number of rotatable bonds is 9. The summed E-state index contributed by atoms with van der Waals surface area (Å²) in [6.07, 6.45) is 6.91. The highest BCUT2D eigenvalue weighted by molar-refractivity contribution is 5.88. The zero-order chi connectivity index (χ0) is 19.9. The van der Waals surface area contributed by atoms with Crippen molar-refractivity contribution >= 4 is 11.7 Å². The molecule has 28 heavy (non-hydrogen) atoms. The third kappa shape index (κ3) is 5.04. The molecule has 0 saturated heterocycles. The maximum absolute atomic E-state index is 12.3. The second kappa shape index (κ2) is 9.59. The smallest absolute Gasteiger partial charge is 0.356 e. The van der Waals surface area contributed by atoms with Gasteiger partial charge in [0.25, 0.3) is 0 Å². The molecule has 0 bridgehead atoms. The van der Waals surface area contributed by atoms with E-state index < -0.39 is 12.1 Å². The van der Waals surface area contributed by atoms with Gasteiger partial charge in [-0.05, 0) is 62.9 Å². The third-order valence-corrected chi connectivity index (χ3v) is 4.24. The molecule has 2 N–H and O–H groups in total. The lowest BCUT2D eigenvalue weighted by Crippen LogP contribution is -2.27. The van der Waals surface area contributed by atoms with Crippen LogP contribution in [0.4, 0.5) is 5.69 Å². The highest BCUT2D eigenvalue weighted by Crippen LogP contribution is 2.29. The van der Waals surface area contributed by atoms with E-state index in [4.69, 9.17) is 9.47 Å². The van der Waals surface area contributed by atoms with Crippen molar-refractivity contribution in [3.8, 4) is 5.75 Å². The molecule has 1 heterocycles. The lowest BCUT2D eigenvalue weighted by atomic mass is 10.0. The maximum Gasteiger partial charge on any atom is 0.356 e. The van der Waals surface area contributed by atoms with Gasteiger partial charge >= 0.3 is 5.97 Å². The zero-order valence-electron chi connectivity index (χ0n) is 16.0. The Balaban J connectivity index is 1.65. The number of benzene rings is 1. The molecule has 2 aromatic rings. The first kappa shape index (κ1) is 20.2. The number of methoxy groups -OCH3 is 1. The summed E-state index contributed by atoms with van der Waals surface area (Å²) in [6, 6.07) is 9.12. The van der Waals surface area contributed by atoms with Crippen LogP contribution < -0.4 is 10.1 Å². The molecule has 1 aliphatic rings. The van der Waals surface area contributed by atoms with Gasteiger partial charge in [0.2, 0.25) is 0 Å². The Hall–Kier alpha value is -2.54. The highest BCUT2D eigenvalue weighted by Gasteiger charge is 2.26. The van der Waals surface area contributed by atoms with Gasteiger partial charge in [0, 0.05) is 18.2 Å². The molecule has 1 aliphatic carbocycles. The molecule has 1 saturated carbocycles. The number of carbonyl (C=O) groups is 1. The van der Waals surface area contributed by atoms with Crippen molar-refractivity contribution in [3.63, 3.8) is 0 Å². The van der Waals surface area contributed by atoms with Gasteiger partial charge in [-0.15, -0.1) is 0 Å². The number of nitrogens with one attached hydrogen (secondary N) is 1. The molecule has 0 spiro atoms. The predicted octanol–water partition coefficient (Wildman–Crippen LogP) is 2.29. The monoisotopic (exact) mass is 382 g/mol. The molecule has 0 aliphatic heterocycles. The van der Waals surface area contributed by atoms with E-state index in [9.17, 15) is 9.90 Å². The van der Waals surface area contributed by atoms with Crippen LogP contribution in [0.1, 0.15) is 23.1 Å². The standard InChI is InChI=1S/C21H24N3O4/c1-3-28-21(26)20-12-19(15-6-4-5-7-15)23-24(20)14-17(25)13-22-16-8-10-18(27-2)11-9-16/h4-12,17,22,25H,3,13-14H2,1-2H3/t17-/m1/s1. The molecule has 7 heteroatoms. The number of ether oxygens (including phenoxy) is 2. The Morgan fingerprint density at radius 3 is 2.61 bits per heavy atom. The van der Waals surface area contributed by atoms with Crippen molar-refractivity contribution in [1.82, 2.24) is 9.78 Å². The third-order valence-electron chi connectivity index (χ3n) is 4.24. The van der Waals surface area contributed by atoms with Gasteiger partial charge in [-0.1, -0.05) is 0 Å². The average molecular weight is 382 g/mol. The molecule has 1 fully saturated rings. The van der Waals surface area contributed by atoms with Crippen LogP contribution in [0.25, 0.3) is 0 Å². The van der Waals surface area contributed by atoms with E-state index in [-0.39, 0.29) is 13.2 Å². The van der Waals surface area contributed by atoms with Gasteiger partial charge in [-0.3, -0.25) is 4.68 Å².